The zero-order valence-corrected chi connectivity index (χ0v) is 13.9. The molecule has 1 aliphatic carbocycles. The maximum absolute atomic E-state index is 13.1. The lowest BCUT2D eigenvalue weighted by Gasteiger charge is -2.18. The quantitative estimate of drug-likeness (QED) is 0.905. The molecule has 1 saturated carbocycles. The number of nitrogens with zero attached hydrogens (tertiary/aromatic N) is 3. The van der Waals surface area contributed by atoms with E-state index in [9.17, 15) is 14.7 Å². The fraction of sp³-hybridized carbons (Fsp3) is 0.421. The molecule has 0 unspecified atom stereocenters. The summed E-state index contributed by atoms with van der Waals surface area (Å²) in [5, 5.41) is 13.7. The average Bonchev–Trinajstić information content (AvgIpc) is 3.14. The molecular formula is C19H21N3O3. The van der Waals surface area contributed by atoms with Gasteiger partial charge in [0.05, 0.1) is 12.5 Å². The van der Waals surface area contributed by atoms with Gasteiger partial charge in [0.1, 0.15) is 0 Å². The maximum Gasteiger partial charge on any atom is 0.308 e. The van der Waals surface area contributed by atoms with E-state index in [2.05, 4.69) is 5.10 Å². The Labute approximate surface area is 146 Å². The second-order valence-electron chi connectivity index (χ2n) is 7.02. The van der Waals surface area contributed by atoms with Crippen LogP contribution in [0.1, 0.15) is 28.8 Å². The van der Waals surface area contributed by atoms with Gasteiger partial charge in [-0.3, -0.25) is 14.3 Å². The molecule has 130 valence electrons. The van der Waals surface area contributed by atoms with Crippen LogP contribution in [0.25, 0.3) is 0 Å². The van der Waals surface area contributed by atoms with E-state index in [1.165, 1.54) is 0 Å². The summed E-state index contributed by atoms with van der Waals surface area (Å²) in [5.41, 5.74) is 1.54. The van der Waals surface area contributed by atoms with Crippen LogP contribution in [0, 0.1) is 17.8 Å². The summed E-state index contributed by atoms with van der Waals surface area (Å²) < 4.78 is 1.78. The standard InChI is InChI=1S/C19H21N3O3/c23-18(21-11-16(13-6-7-13)17(12-21)19(24)25)15-5-2-1-4-14(15)10-22-9-3-8-20-22/h1-5,8-9,13,16-17H,6-7,10-12H2,(H,24,25)/t16-,17+/m1/s1. The van der Waals surface area contributed by atoms with Crippen molar-refractivity contribution in [1.82, 2.24) is 14.7 Å². The molecule has 2 atom stereocenters. The summed E-state index contributed by atoms with van der Waals surface area (Å²) in [4.78, 5) is 26.4. The SMILES string of the molecule is O=C(O)[C@H]1CN(C(=O)c2ccccc2Cn2cccn2)C[C@@H]1C1CC1. The van der Waals surface area contributed by atoms with Crippen molar-refractivity contribution in [2.75, 3.05) is 13.1 Å². The van der Waals surface area contributed by atoms with Gasteiger partial charge >= 0.3 is 5.97 Å². The van der Waals surface area contributed by atoms with Crippen molar-refractivity contribution in [3.05, 3.63) is 53.9 Å². The van der Waals surface area contributed by atoms with Crippen molar-refractivity contribution in [2.45, 2.75) is 19.4 Å². The minimum atomic E-state index is -0.781. The van der Waals surface area contributed by atoms with Crippen LogP contribution in [-0.4, -0.2) is 44.8 Å². The highest BCUT2D eigenvalue weighted by Crippen LogP contribution is 2.44. The Bertz CT molecular complexity index is 783. The first-order valence-corrected chi connectivity index (χ1v) is 8.71. The molecule has 1 amide bonds. The van der Waals surface area contributed by atoms with E-state index < -0.39 is 11.9 Å². The largest absolute Gasteiger partial charge is 0.481 e. The highest BCUT2D eigenvalue weighted by atomic mass is 16.4. The van der Waals surface area contributed by atoms with Crippen LogP contribution in [0.4, 0.5) is 0 Å². The van der Waals surface area contributed by atoms with Gasteiger partial charge in [0, 0.05) is 31.0 Å². The van der Waals surface area contributed by atoms with E-state index in [-0.39, 0.29) is 11.8 Å². The van der Waals surface area contributed by atoms with Gasteiger partial charge in [0.25, 0.3) is 5.91 Å². The predicted octanol–water partition coefficient (Wildman–Crippen LogP) is 2.11. The molecule has 2 aliphatic rings. The van der Waals surface area contributed by atoms with Crippen molar-refractivity contribution in [2.24, 2.45) is 17.8 Å². The molecule has 2 fully saturated rings. The molecule has 0 spiro atoms. The van der Waals surface area contributed by atoms with Gasteiger partial charge in [-0.25, -0.2) is 0 Å². The molecule has 1 aliphatic heterocycles. The molecule has 2 aromatic rings. The van der Waals surface area contributed by atoms with Crippen molar-refractivity contribution >= 4 is 11.9 Å². The molecule has 0 bridgehead atoms. The topological polar surface area (TPSA) is 75.4 Å². The first-order chi connectivity index (χ1) is 12.1. The molecule has 4 rings (SSSR count). The van der Waals surface area contributed by atoms with E-state index in [1.807, 2.05) is 36.5 Å². The van der Waals surface area contributed by atoms with Crippen LogP contribution in [0.2, 0.25) is 0 Å². The summed E-state index contributed by atoms with van der Waals surface area (Å²) in [6.45, 7) is 1.39. The van der Waals surface area contributed by atoms with Crippen LogP contribution in [-0.2, 0) is 11.3 Å². The van der Waals surface area contributed by atoms with Gasteiger partial charge < -0.3 is 10.0 Å². The molecule has 2 heterocycles. The van der Waals surface area contributed by atoms with E-state index in [0.29, 0.717) is 31.1 Å². The fourth-order valence-electron chi connectivity index (χ4n) is 3.86. The van der Waals surface area contributed by atoms with Gasteiger partial charge in [-0.05, 0) is 42.4 Å². The van der Waals surface area contributed by atoms with Gasteiger partial charge in [-0.2, -0.15) is 5.10 Å². The molecule has 1 aromatic carbocycles. The number of likely N-dealkylation sites (tertiary alicyclic amines) is 1. The lowest BCUT2D eigenvalue weighted by Crippen LogP contribution is -2.30. The number of hydrogen-bond donors (Lipinski definition) is 1. The Balaban J connectivity index is 1.56. The Hall–Kier alpha value is -2.63. The third-order valence-electron chi connectivity index (χ3n) is 5.34. The van der Waals surface area contributed by atoms with E-state index in [1.54, 1.807) is 15.8 Å². The maximum atomic E-state index is 13.1. The molecule has 6 heteroatoms. The molecule has 0 radical (unpaired) electrons. The molecule has 25 heavy (non-hydrogen) atoms. The predicted molar refractivity (Wildman–Crippen MR) is 91.0 cm³/mol. The smallest absolute Gasteiger partial charge is 0.308 e. The summed E-state index contributed by atoms with van der Waals surface area (Å²) in [6.07, 6.45) is 5.75. The lowest BCUT2D eigenvalue weighted by atomic mass is 9.92. The summed E-state index contributed by atoms with van der Waals surface area (Å²) in [6, 6.07) is 9.36. The van der Waals surface area contributed by atoms with Crippen LogP contribution >= 0.6 is 0 Å². The second kappa shape index (κ2) is 6.35. The molecule has 6 nitrogen and oxygen atoms in total. The molecule has 1 saturated heterocycles. The Morgan fingerprint density at radius 1 is 1.16 bits per heavy atom. The third kappa shape index (κ3) is 3.16. The van der Waals surface area contributed by atoms with Crippen LogP contribution < -0.4 is 0 Å². The first-order valence-electron chi connectivity index (χ1n) is 8.71. The number of benzene rings is 1. The number of carboxylic acid groups (broad SMARTS) is 1. The number of rotatable bonds is 5. The monoisotopic (exact) mass is 339 g/mol. The zero-order chi connectivity index (χ0) is 17.4. The number of amides is 1. The number of carboxylic acids is 1. The third-order valence-corrected chi connectivity index (χ3v) is 5.34. The number of aliphatic carboxylic acids is 1. The normalized spacial score (nSPS) is 23.0. The highest BCUT2D eigenvalue weighted by molar-refractivity contribution is 5.96. The number of carbonyl (C=O) groups excluding carboxylic acids is 1. The lowest BCUT2D eigenvalue weighted by molar-refractivity contribution is -0.142. The molecule has 1 aromatic heterocycles. The van der Waals surface area contributed by atoms with Gasteiger partial charge in [-0.15, -0.1) is 0 Å². The van der Waals surface area contributed by atoms with E-state index in [4.69, 9.17) is 0 Å². The van der Waals surface area contributed by atoms with Crippen LogP contribution in [0.5, 0.6) is 0 Å². The van der Waals surface area contributed by atoms with E-state index in [0.717, 1.165) is 18.4 Å². The van der Waals surface area contributed by atoms with Crippen molar-refractivity contribution in [1.29, 1.82) is 0 Å². The first kappa shape index (κ1) is 15.9. The number of aromatic nitrogens is 2. The van der Waals surface area contributed by atoms with Gasteiger partial charge in [0.2, 0.25) is 0 Å². The van der Waals surface area contributed by atoms with Crippen molar-refractivity contribution in [3.8, 4) is 0 Å². The minimum Gasteiger partial charge on any atom is -0.481 e. The Morgan fingerprint density at radius 2 is 1.96 bits per heavy atom. The molecule has 1 N–H and O–H groups in total. The van der Waals surface area contributed by atoms with Crippen LogP contribution in [0.15, 0.2) is 42.7 Å². The number of hydrogen-bond acceptors (Lipinski definition) is 3. The highest BCUT2D eigenvalue weighted by Gasteiger charge is 2.47. The zero-order valence-electron chi connectivity index (χ0n) is 13.9. The second-order valence-corrected chi connectivity index (χ2v) is 7.02. The Kier molecular flexibility index (Phi) is 4.03. The van der Waals surface area contributed by atoms with Gasteiger partial charge in [0.15, 0.2) is 0 Å². The van der Waals surface area contributed by atoms with Crippen LogP contribution in [0.3, 0.4) is 0 Å². The summed E-state index contributed by atoms with van der Waals surface area (Å²) >= 11 is 0. The summed E-state index contributed by atoms with van der Waals surface area (Å²) in [5.74, 6) is -0.721. The number of carbonyl (C=O) groups is 2. The van der Waals surface area contributed by atoms with Crippen molar-refractivity contribution in [3.63, 3.8) is 0 Å². The Morgan fingerprint density at radius 3 is 2.64 bits per heavy atom. The molecular weight excluding hydrogens is 318 g/mol. The van der Waals surface area contributed by atoms with Crippen molar-refractivity contribution < 1.29 is 14.7 Å². The average molecular weight is 339 g/mol. The van der Waals surface area contributed by atoms with E-state index >= 15 is 0 Å². The fourth-order valence-corrected chi connectivity index (χ4v) is 3.86. The van der Waals surface area contributed by atoms with Gasteiger partial charge in [-0.1, -0.05) is 18.2 Å². The minimum absolute atomic E-state index is 0.0721. The summed E-state index contributed by atoms with van der Waals surface area (Å²) in [7, 11) is 0.